The maximum absolute atomic E-state index is 11.3. The van der Waals surface area contributed by atoms with Crippen LogP contribution < -0.4 is 11.0 Å². The van der Waals surface area contributed by atoms with Crippen LogP contribution in [0, 0.1) is 5.92 Å². The predicted molar refractivity (Wildman–Crippen MR) is 85.6 cm³/mol. The Kier molecular flexibility index (Phi) is 4.12. The summed E-state index contributed by atoms with van der Waals surface area (Å²) in [5.41, 5.74) is 2.81. The van der Waals surface area contributed by atoms with Crippen LogP contribution in [-0.2, 0) is 0 Å². The van der Waals surface area contributed by atoms with E-state index in [-0.39, 0.29) is 5.69 Å². The molecule has 2 unspecified atom stereocenters. The third-order valence-corrected chi connectivity index (χ3v) is 4.57. The van der Waals surface area contributed by atoms with Gasteiger partial charge in [0, 0.05) is 12.6 Å². The van der Waals surface area contributed by atoms with Crippen LogP contribution in [0.5, 0.6) is 0 Å². The maximum atomic E-state index is 11.3. The molecule has 1 saturated heterocycles. The van der Waals surface area contributed by atoms with Crippen molar-refractivity contribution in [3.8, 4) is 0 Å². The number of hydrogen-bond acceptors (Lipinski definition) is 3. The van der Waals surface area contributed by atoms with Gasteiger partial charge in [-0.25, -0.2) is 4.79 Å². The summed E-state index contributed by atoms with van der Waals surface area (Å²) in [5.74, 6) is 0.753. The standard InChI is InChI=1S/C16H24N4O/c1-3-20-7-6-12(10-20)9-17-11(2)13-4-5-14-15(8-13)19-16(21)18-14/h4-5,8,11-12,17H,3,6-7,9-10H2,1-2H3,(H2,18,19,21). The van der Waals surface area contributed by atoms with Gasteiger partial charge in [0.05, 0.1) is 11.0 Å². The molecule has 0 aliphatic carbocycles. The highest BCUT2D eigenvalue weighted by Gasteiger charge is 2.21. The van der Waals surface area contributed by atoms with Crippen molar-refractivity contribution in [1.29, 1.82) is 0 Å². The van der Waals surface area contributed by atoms with E-state index >= 15 is 0 Å². The molecule has 1 aliphatic heterocycles. The summed E-state index contributed by atoms with van der Waals surface area (Å²) in [6.07, 6.45) is 1.29. The van der Waals surface area contributed by atoms with Crippen molar-refractivity contribution < 1.29 is 0 Å². The van der Waals surface area contributed by atoms with Gasteiger partial charge in [0.25, 0.3) is 0 Å². The fourth-order valence-corrected chi connectivity index (χ4v) is 3.15. The van der Waals surface area contributed by atoms with Crippen molar-refractivity contribution in [3.63, 3.8) is 0 Å². The first-order valence-corrected chi connectivity index (χ1v) is 7.83. The van der Waals surface area contributed by atoms with Crippen LogP contribution in [0.2, 0.25) is 0 Å². The van der Waals surface area contributed by atoms with E-state index in [2.05, 4.69) is 46.2 Å². The predicted octanol–water partition coefficient (Wildman–Crippen LogP) is 1.85. The number of likely N-dealkylation sites (tertiary alicyclic amines) is 1. The van der Waals surface area contributed by atoms with E-state index in [0.29, 0.717) is 6.04 Å². The van der Waals surface area contributed by atoms with Crippen molar-refractivity contribution in [1.82, 2.24) is 20.2 Å². The Morgan fingerprint density at radius 2 is 2.19 bits per heavy atom. The Bertz CT molecular complexity index is 660. The second kappa shape index (κ2) is 6.03. The number of H-pyrrole nitrogens is 2. The summed E-state index contributed by atoms with van der Waals surface area (Å²) in [4.78, 5) is 19.4. The van der Waals surface area contributed by atoms with Crippen molar-refractivity contribution in [2.75, 3.05) is 26.2 Å². The van der Waals surface area contributed by atoms with Crippen molar-refractivity contribution in [3.05, 3.63) is 34.2 Å². The molecule has 0 saturated carbocycles. The molecule has 21 heavy (non-hydrogen) atoms. The zero-order valence-electron chi connectivity index (χ0n) is 12.8. The topological polar surface area (TPSA) is 63.9 Å². The third-order valence-electron chi connectivity index (χ3n) is 4.57. The number of benzene rings is 1. The lowest BCUT2D eigenvalue weighted by Crippen LogP contribution is -2.28. The zero-order chi connectivity index (χ0) is 14.8. The monoisotopic (exact) mass is 288 g/mol. The van der Waals surface area contributed by atoms with Crippen LogP contribution in [0.3, 0.4) is 0 Å². The lowest BCUT2D eigenvalue weighted by atomic mass is 10.1. The quantitative estimate of drug-likeness (QED) is 0.787. The molecule has 2 atom stereocenters. The number of nitrogens with one attached hydrogen (secondary N) is 3. The van der Waals surface area contributed by atoms with Gasteiger partial charge in [0.15, 0.2) is 0 Å². The smallest absolute Gasteiger partial charge is 0.310 e. The minimum absolute atomic E-state index is 0.145. The van der Waals surface area contributed by atoms with Gasteiger partial charge < -0.3 is 20.2 Å². The van der Waals surface area contributed by atoms with Gasteiger partial charge in [0.1, 0.15) is 0 Å². The summed E-state index contributed by atoms with van der Waals surface area (Å²) >= 11 is 0. The van der Waals surface area contributed by atoms with Gasteiger partial charge in [-0.05, 0) is 56.6 Å². The fraction of sp³-hybridized carbons (Fsp3) is 0.562. The molecule has 2 aromatic rings. The Morgan fingerprint density at radius 3 is 2.95 bits per heavy atom. The first-order chi connectivity index (χ1) is 10.2. The molecule has 5 heteroatoms. The second-order valence-electron chi connectivity index (χ2n) is 6.06. The summed E-state index contributed by atoms with van der Waals surface area (Å²) < 4.78 is 0. The molecular formula is C16H24N4O. The minimum Gasteiger partial charge on any atom is -0.310 e. The highest BCUT2D eigenvalue weighted by atomic mass is 16.1. The molecule has 0 radical (unpaired) electrons. The summed E-state index contributed by atoms with van der Waals surface area (Å²) in [6.45, 7) is 9.06. The van der Waals surface area contributed by atoms with E-state index in [0.717, 1.165) is 30.0 Å². The molecule has 1 fully saturated rings. The summed E-state index contributed by atoms with van der Waals surface area (Å²) in [6, 6.07) is 6.40. The van der Waals surface area contributed by atoms with Crippen LogP contribution in [-0.4, -0.2) is 41.0 Å². The van der Waals surface area contributed by atoms with Gasteiger partial charge >= 0.3 is 5.69 Å². The minimum atomic E-state index is -0.145. The van der Waals surface area contributed by atoms with Crippen LogP contribution in [0.15, 0.2) is 23.0 Å². The van der Waals surface area contributed by atoms with Crippen molar-refractivity contribution in [2.45, 2.75) is 26.3 Å². The summed E-state index contributed by atoms with van der Waals surface area (Å²) in [7, 11) is 0. The molecule has 5 nitrogen and oxygen atoms in total. The lowest BCUT2D eigenvalue weighted by Gasteiger charge is -2.18. The van der Waals surface area contributed by atoms with Gasteiger partial charge in [-0.2, -0.15) is 0 Å². The first-order valence-electron chi connectivity index (χ1n) is 7.83. The Morgan fingerprint density at radius 1 is 1.38 bits per heavy atom. The highest BCUT2D eigenvalue weighted by molar-refractivity contribution is 5.75. The maximum Gasteiger partial charge on any atom is 0.323 e. The molecular weight excluding hydrogens is 264 g/mol. The molecule has 1 aromatic carbocycles. The number of rotatable bonds is 5. The van der Waals surface area contributed by atoms with Crippen molar-refractivity contribution in [2.24, 2.45) is 5.92 Å². The average Bonchev–Trinajstić information content (AvgIpc) is 3.08. The molecule has 1 aromatic heterocycles. The summed E-state index contributed by atoms with van der Waals surface area (Å²) in [5, 5.41) is 3.63. The average molecular weight is 288 g/mol. The number of imidazole rings is 1. The van der Waals surface area contributed by atoms with Crippen molar-refractivity contribution >= 4 is 11.0 Å². The molecule has 0 bridgehead atoms. The van der Waals surface area contributed by atoms with E-state index < -0.39 is 0 Å². The Labute approximate surface area is 124 Å². The van der Waals surface area contributed by atoms with Gasteiger partial charge in [-0.1, -0.05) is 13.0 Å². The highest BCUT2D eigenvalue weighted by Crippen LogP contribution is 2.19. The van der Waals surface area contributed by atoms with Crippen LogP contribution in [0.4, 0.5) is 0 Å². The SMILES string of the molecule is CCN1CCC(CNC(C)c2ccc3[nH]c(=O)[nH]c3c2)C1. The molecule has 3 N–H and O–H groups in total. The van der Waals surface area contributed by atoms with E-state index in [1.165, 1.54) is 25.1 Å². The number of nitrogens with zero attached hydrogens (tertiary/aromatic N) is 1. The van der Waals surface area contributed by atoms with Gasteiger partial charge in [-0.15, -0.1) is 0 Å². The lowest BCUT2D eigenvalue weighted by molar-refractivity contribution is 0.336. The molecule has 114 valence electrons. The van der Waals surface area contributed by atoms with Crippen LogP contribution >= 0.6 is 0 Å². The first kappa shape index (κ1) is 14.4. The Balaban J connectivity index is 1.61. The number of hydrogen-bond donors (Lipinski definition) is 3. The van der Waals surface area contributed by atoms with Crippen LogP contribution in [0.1, 0.15) is 31.9 Å². The third kappa shape index (κ3) is 3.19. The molecule has 0 spiro atoms. The van der Waals surface area contributed by atoms with Gasteiger partial charge in [0.2, 0.25) is 0 Å². The number of aromatic nitrogens is 2. The number of fused-ring (bicyclic) bond motifs is 1. The molecule has 3 rings (SSSR count). The van der Waals surface area contributed by atoms with E-state index in [4.69, 9.17) is 0 Å². The molecule has 2 heterocycles. The Hall–Kier alpha value is -1.59. The van der Waals surface area contributed by atoms with E-state index in [9.17, 15) is 4.79 Å². The molecule has 1 aliphatic rings. The van der Waals surface area contributed by atoms with Crippen LogP contribution in [0.25, 0.3) is 11.0 Å². The second-order valence-corrected chi connectivity index (χ2v) is 6.06. The zero-order valence-corrected chi connectivity index (χ0v) is 12.8. The number of aromatic amines is 2. The van der Waals surface area contributed by atoms with Gasteiger partial charge in [-0.3, -0.25) is 0 Å². The fourth-order valence-electron chi connectivity index (χ4n) is 3.15. The molecule has 0 amide bonds. The van der Waals surface area contributed by atoms with E-state index in [1.807, 2.05) is 6.07 Å². The van der Waals surface area contributed by atoms with E-state index in [1.54, 1.807) is 0 Å². The largest absolute Gasteiger partial charge is 0.323 e. The normalized spacial score (nSPS) is 21.1.